The van der Waals surface area contributed by atoms with E-state index in [4.69, 9.17) is 0 Å². The van der Waals surface area contributed by atoms with Crippen LogP contribution in [0.3, 0.4) is 0 Å². The molecule has 5 nitrogen and oxygen atoms in total. The molecule has 1 N–H and O–H groups in total. The minimum absolute atomic E-state index is 0.160. The van der Waals surface area contributed by atoms with Crippen molar-refractivity contribution in [2.24, 2.45) is 5.92 Å². The van der Waals surface area contributed by atoms with E-state index in [1.807, 2.05) is 19.1 Å². The van der Waals surface area contributed by atoms with Crippen LogP contribution in [0, 0.1) is 12.8 Å². The molecule has 2 heterocycles. The molecule has 0 bridgehead atoms. The van der Waals surface area contributed by atoms with Gasteiger partial charge in [0.2, 0.25) is 5.95 Å². The maximum Gasteiger partial charge on any atom is 0.259 e. The number of unbranched alkanes of at least 4 members (excludes halogenated alkanes) is 1. The number of hydrogen-bond donors (Lipinski definition) is 1. The Morgan fingerprint density at radius 3 is 2.56 bits per heavy atom. The van der Waals surface area contributed by atoms with Crippen LogP contribution < -0.4 is 10.2 Å². The molecule has 0 aliphatic carbocycles. The van der Waals surface area contributed by atoms with Crippen molar-refractivity contribution in [3.05, 3.63) is 47.3 Å². The Bertz CT molecular complexity index is 764. The zero-order valence-electron chi connectivity index (χ0n) is 16.7. The summed E-state index contributed by atoms with van der Waals surface area (Å²) in [6.45, 7) is 8.32. The summed E-state index contributed by atoms with van der Waals surface area (Å²) in [5.74, 6) is 1.34. The van der Waals surface area contributed by atoms with E-state index in [1.165, 1.54) is 31.2 Å². The van der Waals surface area contributed by atoms with E-state index >= 15 is 0 Å². The van der Waals surface area contributed by atoms with Crippen molar-refractivity contribution < 1.29 is 4.79 Å². The third-order valence-corrected chi connectivity index (χ3v) is 5.31. The van der Waals surface area contributed by atoms with E-state index in [9.17, 15) is 4.79 Å². The number of anilines is 2. The minimum atomic E-state index is -0.160. The molecule has 2 aromatic rings. The first-order chi connectivity index (χ1) is 13.1. The van der Waals surface area contributed by atoms with Crippen LogP contribution in [0.4, 0.5) is 11.6 Å². The number of carbonyl (C=O) groups is 1. The predicted molar refractivity (Wildman–Crippen MR) is 110 cm³/mol. The second-order valence-corrected chi connectivity index (χ2v) is 7.59. The summed E-state index contributed by atoms with van der Waals surface area (Å²) in [7, 11) is 0. The van der Waals surface area contributed by atoms with Gasteiger partial charge in [0.15, 0.2) is 0 Å². The average Bonchev–Trinajstić information content (AvgIpc) is 2.68. The summed E-state index contributed by atoms with van der Waals surface area (Å²) >= 11 is 0. The van der Waals surface area contributed by atoms with Gasteiger partial charge >= 0.3 is 0 Å². The van der Waals surface area contributed by atoms with Crippen molar-refractivity contribution in [1.82, 2.24) is 9.97 Å². The van der Waals surface area contributed by atoms with Gasteiger partial charge in [-0.25, -0.2) is 9.97 Å². The van der Waals surface area contributed by atoms with E-state index < -0.39 is 0 Å². The molecule has 1 aliphatic rings. The summed E-state index contributed by atoms with van der Waals surface area (Å²) in [5, 5.41) is 2.95. The Morgan fingerprint density at radius 2 is 1.93 bits per heavy atom. The minimum Gasteiger partial charge on any atom is -0.341 e. The first-order valence-corrected chi connectivity index (χ1v) is 10.1. The van der Waals surface area contributed by atoms with Crippen LogP contribution >= 0.6 is 0 Å². The van der Waals surface area contributed by atoms with E-state index in [-0.39, 0.29) is 5.91 Å². The van der Waals surface area contributed by atoms with Gasteiger partial charge in [-0.05, 0) is 56.2 Å². The molecule has 5 heteroatoms. The number of nitrogens with one attached hydrogen (secondary N) is 1. The summed E-state index contributed by atoms with van der Waals surface area (Å²) in [6.07, 6.45) is 7.43. The lowest BCUT2D eigenvalue weighted by Crippen LogP contribution is -2.34. The fourth-order valence-corrected chi connectivity index (χ4v) is 3.37. The lowest BCUT2D eigenvalue weighted by atomic mass is 10.00. The Hall–Kier alpha value is -2.43. The van der Waals surface area contributed by atoms with Crippen LogP contribution in [-0.4, -0.2) is 29.0 Å². The Kier molecular flexibility index (Phi) is 6.43. The van der Waals surface area contributed by atoms with Crippen LogP contribution in [-0.2, 0) is 6.42 Å². The van der Waals surface area contributed by atoms with E-state index in [2.05, 4.69) is 46.2 Å². The Morgan fingerprint density at radius 1 is 1.22 bits per heavy atom. The van der Waals surface area contributed by atoms with Gasteiger partial charge in [-0.2, -0.15) is 0 Å². The van der Waals surface area contributed by atoms with Crippen LogP contribution in [0.1, 0.15) is 61.1 Å². The van der Waals surface area contributed by atoms with Gasteiger partial charge in [-0.15, -0.1) is 0 Å². The predicted octanol–water partition coefficient (Wildman–Crippen LogP) is 4.62. The smallest absolute Gasteiger partial charge is 0.259 e. The molecule has 1 amide bonds. The Labute approximate surface area is 162 Å². The normalized spacial score (nSPS) is 15.0. The maximum atomic E-state index is 12.6. The maximum absolute atomic E-state index is 12.6. The molecule has 1 aliphatic heterocycles. The quantitative estimate of drug-likeness (QED) is 0.811. The number of aryl methyl sites for hydroxylation is 2. The highest BCUT2D eigenvalue weighted by Crippen LogP contribution is 2.21. The highest BCUT2D eigenvalue weighted by Gasteiger charge is 2.19. The molecular weight excluding hydrogens is 336 g/mol. The van der Waals surface area contributed by atoms with Crippen molar-refractivity contribution >= 4 is 17.5 Å². The summed E-state index contributed by atoms with van der Waals surface area (Å²) in [6, 6.07) is 8.08. The van der Waals surface area contributed by atoms with Gasteiger partial charge in [-0.1, -0.05) is 32.4 Å². The number of piperidine rings is 1. The molecule has 1 aromatic carbocycles. The number of rotatable bonds is 6. The lowest BCUT2D eigenvalue weighted by Gasteiger charge is -2.30. The van der Waals surface area contributed by atoms with Crippen LogP contribution in [0.25, 0.3) is 0 Å². The van der Waals surface area contributed by atoms with E-state index in [0.29, 0.717) is 5.56 Å². The topological polar surface area (TPSA) is 58.1 Å². The van der Waals surface area contributed by atoms with Gasteiger partial charge in [0.25, 0.3) is 5.91 Å². The van der Waals surface area contributed by atoms with Crippen LogP contribution in [0.2, 0.25) is 0 Å². The lowest BCUT2D eigenvalue weighted by molar-refractivity contribution is 0.102. The van der Waals surface area contributed by atoms with Gasteiger partial charge in [0.05, 0.1) is 11.3 Å². The van der Waals surface area contributed by atoms with Crippen LogP contribution in [0.15, 0.2) is 30.5 Å². The molecule has 0 saturated carbocycles. The zero-order chi connectivity index (χ0) is 19.2. The molecule has 27 heavy (non-hydrogen) atoms. The number of nitrogens with zero attached hydrogens (tertiary/aromatic N) is 3. The van der Waals surface area contributed by atoms with Crippen molar-refractivity contribution in [2.75, 3.05) is 23.3 Å². The van der Waals surface area contributed by atoms with Gasteiger partial charge in [0.1, 0.15) is 0 Å². The number of amides is 1. The van der Waals surface area contributed by atoms with Crippen molar-refractivity contribution in [2.45, 2.75) is 52.9 Å². The standard InChI is InChI=1S/C22H30N4O/c1-4-5-6-18-7-9-19(10-8-18)25-21(27)20-15-23-22(24-17(20)3)26-13-11-16(2)12-14-26/h7-10,15-16H,4-6,11-14H2,1-3H3,(H,25,27). The SMILES string of the molecule is CCCCc1ccc(NC(=O)c2cnc(N3CCC(C)CC3)nc2C)cc1. The molecule has 3 rings (SSSR count). The molecular formula is C22H30N4O. The number of carbonyl (C=O) groups excluding carboxylic acids is 1. The second kappa shape index (κ2) is 8.98. The highest BCUT2D eigenvalue weighted by atomic mass is 16.1. The van der Waals surface area contributed by atoms with Gasteiger partial charge < -0.3 is 10.2 Å². The molecule has 0 atom stereocenters. The number of benzene rings is 1. The van der Waals surface area contributed by atoms with Crippen LogP contribution in [0.5, 0.6) is 0 Å². The molecule has 1 saturated heterocycles. The number of hydrogen-bond acceptors (Lipinski definition) is 4. The second-order valence-electron chi connectivity index (χ2n) is 7.59. The largest absolute Gasteiger partial charge is 0.341 e. The molecule has 0 unspecified atom stereocenters. The van der Waals surface area contributed by atoms with Gasteiger partial charge in [-0.3, -0.25) is 4.79 Å². The number of aromatic nitrogens is 2. The van der Waals surface area contributed by atoms with Gasteiger partial charge in [0, 0.05) is 25.0 Å². The van der Waals surface area contributed by atoms with Crippen molar-refractivity contribution in [1.29, 1.82) is 0 Å². The fraction of sp³-hybridized carbons (Fsp3) is 0.500. The third-order valence-electron chi connectivity index (χ3n) is 5.31. The summed E-state index contributed by atoms with van der Waals surface area (Å²) in [4.78, 5) is 23.9. The highest BCUT2D eigenvalue weighted by molar-refractivity contribution is 6.04. The van der Waals surface area contributed by atoms with Crippen molar-refractivity contribution in [3.63, 3.8) is 0 Å². The molecule has 0 radical (unpaired) electrons. The molecule has 144 valence electrons. The Balaban J connectivity index is 1.64. The van der Waals surface area contributed by atoms with E-state index in [0.717, 1.165) is 42.8 Å². The first-order valence-electron chi connectivity index (χ1n) is 10.1. The molecule has 1 fully saturated rings. The third kappa shape index (κ3) is 5.06. The average molecular weight is 367 g/mol. The molecule has 1 aromatic heterocycles. The van der Waals surface area contributed by atoms with E-state index in [1.54, 1.807) is 6.20 Å². The summed E-state index contributed by atoms with van der Waals surface area (Å²) in [5.41, 5.74) is 3.35. The zero-order valence-corrected chi connectivity index (χ0v) is 16.7. The monoisotopic (exact) mass is 366 g/mol. The first kappa shape index (κ1) is 19.3. The molecule has 0 spiro atoms. The fourth-order valence-electron chi connectivity index (χ4n) is 3.37. The van der Waals surface area contributed by atoms with Crippen molar-refractivity contribution in [3.8, 4) is 0 Å². The summed E-state index contributed by atoms with van der Waals surface area (Å²) < 4.78 is 0.